The molecule has 1 amide bonds. The van der Waals surface area contributed by atoms with Crippen molar-refractivity contribution in [3.8, 4) is 0 Å². The predicted octanol–water partition coefficient (Wildman–Crippen LogP) is 4.15. The largest absolute Gasteiger partial charge is 0.374 e. The van der Waals surface area contributed by atoms with E-state index in [1.807, 2.05) is 18.2 Å². The van der Waals surface area contributed by atoms with E-state index >= 15 is 0 Å². The van der Waals surface area contributed by atoms with E-state index in [9.17, 15) is 4.79 Å². The molecule has 3 nitrogen and oxygen atoms in total. The Morgan fingerprint density at radius 3 is 2.32 bits per heavy atom. The van der Waals surface area contributed by atoms with E-state index < -0.39 is 0 Å². The molecule has 0 unspecified atom stereocenters. The van der Waals surface area contributed by atoms with Gasteiger partial charge in [0.25, 0.3) is 0 Å². The number of halogens is 2. The molecule has 0 aliphatic rings. The van der Waals surface area contributed by atoms with Crippen molar-refractivity contribution in [3.05, 3.63) is 64.1 Å². The lowest BCUT2D eigenvalue weighted by molar-refractivity contribution is -0.119. The van der Waals surface area contributed by atoms with Crippen molar-refractivity contribution in [1.29, 1.82) is 0 Å². The third-order valence-corrected chi connectivity index (χ3v) is 3.83. The maximum atomic E-state index is 11.8. The minimum Gasteiger partial charge on any atom is -0.374 e. The Kier molecular flexibility index (Phi) is 6.56. The van der Waals surface area contributed by atoms with Gasteiger partial charge < -0.3 is 10.6 Å². The Labute approximate surface area is 140 Å². The van der Waals surface area contributed by atoms with Crippen molar-refractivity contribution in [2.45, 2.75) is 12.8 Å². The van der Waals surface area contributed by atoms with Crippen LogP contribution in [-0.2, 0) is 11.2 Å². The van der Waals surface area contributed by atoms with Crippen LogP contribution in [0, 0.1) is 0 Å². The molecule has 0 heterocycles. The molecule has 0 spiro atoms. The number of amides is 1. The number of benzene rings is 2. The second kappa shape index (κ2) is 8.66. The van der Waals surface area contributed by atoms with Gasteiger partial charge in [0.15, 0.2) is 0 Å². The van der Waals surface area contributed by atoms with Gasteiger partial charge in [0.2, 0.25) is 5.91 Å². The minimum absolute atomic E-state index is 0.0796. The summed E-state index contributed by atoms with van der Waals surface area (Å²) in [6, 6.07) is 15.4. The molecule has 0 aromatic heterocycles. The summed E-state index contributed by atoms with van der Waals surface area (Å²) in [5, 5.41) is 6.85. The van der Waals surface area contributed by atoms with Crippen LogP contribution in [0.2, 0.25) is 10.0 Å². The smallest absolute Gasteiger partial charge is 0.239 e. The number of anilines is 1. The summed E-state index contributed by atoms with van der Waals surface area (Å²) >= 11 is 12.1. The first-order valence-corrected chi connectivity index (χ1v) is 7.91. The summed E-state index contributed by atoms with van der Waals surface area (Å²) in [5.74, 6) is -0.0796. The first-order chi connectivity index (χ1) is 10.7. The van der Waals surface area contributed by atoms with E-state index in [1.165, 1.54) is 5.56 Å². The van der Waals surface area contributed by atoms with E-state index in [-0.39, 0.29) is 12.5 Å². The van der Waals surface area contributed by atoms with Crippen molar-refractivity contribution in [2.75, 3.05) is 18.4 Å². The lowest BCUT2D eigenvalue weighted by atomic mass is 10.1. The summed E-state index contributed by atoms with van der Waals surface area (Å²) in [4.78, 5) is 11.8. The van der Waals surface area contributed by atoms with Gasteiger partial charge in [-0.05, 0) is 30.5 Å². The third kappa shape index (κ3) is 5.24. The van der Waals surface area contributed by atoms with Crippen molar-refractivity contribution < 1.29 is 4.79 Å². The van der Waals surface area contributed by atoms with Gasteiger partial charge in [-0.3, -0.25) is 4.79 Å². The molecule has 116 valence electrons. The lowest BCUT2D eigenvalue weighted by Gasteiger charge is -2.10. The van der Waals surface area contributed by atoms with Gasteiger partial charge in [-0.25, -0.2) is 0 Å². The van der Waals surface area contributed by atoms with E-state index in [4.69, 9.17) is 23.2 Å². The Morgan fingerprint density at radius 1 is 0.955 bits per heavy atom. The highest BCUT2D eigenvalue weighted by atomic mass is 35.5. The fraction of sp³-hybridized carbons (Fsp3) is 0.235. The number of hydrogen-bond acceptors (Lipinski definition) is 2. The monoisotopic (exact) mass is 336 g/mol. The zero-order valence-corrected chi connectivity index (χ0v) is 13.6. The quantitative estimate of drug-likeness (QED) is 0.745. The van der Waals surface area contributed by atoms with Crippen LogP contribution >= 0.6 is 23.2 Å². The van der Waals surface area contributed by atoms with Crippen molar-refractivity contribution in [3.63, 3.8) is 0 Å². The standard InChI is InChI=1S/C17H18Cl2N2O/c18-14-9-4-10-15(19)17(14)21-12-16(22)20-11-5-8-13-6-2-1-3-7-13/h1-4,6-7,9-10,21H,5,8,11-12H2,(H,20,22). The highest BCUT2D eigenvalue weighted by Gasteiger charge is 2.07. The Morgan fingerprint density at radius 2 is 1.64 bits per heavy atom. The van der Waals surface area contributed by atoms with Crippen LogP contribution in [0.4, 0.5) is 5.69 Å². The Bertz CT molecular complexity index is 597. The molecule has 0 aliphatic carbocycles. The molecule has 2 N–H and O–H groups in total. The predicted molar refractivity (Wildman–Crippen MR) is 92.7 cm³/mol. The molecular formula is C17H18Cl2N2O. The first-order valence-electron chi connectivity index (χ1n) is 7.15. The van der Waals surface area contributed by atoms with Crippen LogP contribution in [-0.4, -0.2) is 19.0 Å². The molecule has 0 radical (unpaired) electrons. The maximum Gasteiger partial charge on any atom is 0.239 e. The van der Waals surface area contributed by atoms with Crippen LogP contribution in [0.15, 0.2) is 48.5 Å². The molecule has 0 saturated heterocycles. The SMILES string of the molecule is O=C(CNc1c(Cl)cccc1Cl)NCCCc1ccccc1. The molecule has 0 fully saturated rings. The number of carbonyl (C=O) groups excluding carboxylic acids is 1. The molecule has 2 aromatic rings. The summed E-state index contributed by atoms with van der Waals surface area (Å²) < 4.78 is 0. The number of aryl methyl sites for hydroxylation is 1. The van der Waals surface area contributed by atoms with Gasteiger partial charge in [-0.1, -0.05) is 59.6 Å². The maximum absolute atomic E-state index is 11.8. The average molecular weight is 337 g/mol. The summed E-state index contributed by atoms with van der Waals surface area (Å²) in [6.45, 7) is 0.792. The molecule has 0 saturated carbocycles. The number of rotatable bonds is 7. The van der Waals surface area contributed by atoms with Crippen LogP contribution in [0.3, 0.4) is 0 Å². The fourth-order valence-corrected chi connectivity index (χ4v) is 2.59. The molecule has 2 aromatic carbocycles. The summed E-state index contributed by atoms with van der Waals surface area (Å²) in [5.41, 5.74) is 1.86. The van der Waals surface area contributed by atoms with Gasteiger partial charge in [-0.15, -0.1) is 0 Å². The molecule has 2 rings (SSSR count). The van der Waals surface area contributed by atoms with E-state index in [1.54, 1.807) is 18.2 Å². The fourth-order valence-electron chi connectivity index (χ4n) is 2.06. The Balaban J connectivity index is 1.68. The molecular weight excluding hydrogens is 319 g/mol. The van der Waals surface area contributed by atoms with Gasteiger partial charge in [0.1, 0.15) is 0 Å². The molecule has 22 heavy (non-hydrogen) atoms. The van der Waals surface area contributed by atoms with Crippen molar-refractivity contribution in [1.82, 2.24) is 5.32 Å². The van der Waals surface area contributed by atoms with E-state index in [2.05, 4.69) is 22.8 Å². The average Bonchev–Trinajstić information content (AvgIpc) is 2.52. The van der Waals surface area contributed by atoms with Gasteiger partial charge in [-0.2, -0.15) is 0 Å². The van der Waals surface area contributed by atoms with Crippen LogP contribution in [0.1, 0.15) is 12.0 Å². The number of para-hydroxylation sites is 1. The zero-order valence-electron chi connectivity index (χ0n) is 12.1. The molecule has 5 heteroatoms. The van der Waals surface area contributed by atoms with Crippen LogP contribution in [0.25, 0.3) is 0 Å². The minimum atomic E-state index is -0.0796. The summed E-state index contributed by atoms with van der Waals surface area (Å²) in [7, 11) is 0. The van der Waals surface area contributed by atoms with Crippen LogP contribution < -0.4 is 10.6 Å². The second-order valence-electron chi connectivity index (χ2n) is 4.89. The van der Waals surface area contributed by atoms with Crippen molar-refractivity contribution >= 4 is 34.8 Å². The second-order valence-corrected chi connectivity index (χ2v) is 5.70. The topological polar surface area (TPSA) is 41.1 Å². The van der Waals surface area contributed by atoms with Crippen LogP contribution in [0.5, 0.6) is 0 Å². The normalized spacial score (nSPS) is 10.3. The Hall–Kier alpha value is -1.71. The third-order valence-electron chi connectivity index (χ3n) is 3.20. The van der Waals surface area contributed by atoms with Gasteiger partial charge >= 0.3 is 0 Å². The zero-order chi connectivity index (χ0) is 15.8. The lowest BCUT2D eigenvalue weighted by Crippen LogP contribution is -2.30. The van der Waals surface area contributed by atoms with Crippen molar-refractivity contribution in [2.24, 2.45) is 0 Å². The molecule has 0 bridgehead atoms. The number of hydrogen-bond donors (Lipinski definition) is 2. The van der Waals surface area contributed by atoms with E-state index in [0.29, 0.717) is 22.3 Å². The number of carbonyl (C=O) groups is 1. The highest BCUT2D eigenvalue weighted by molar-refractivity contribution is 6.39. The first kappa shape index (κ1) is 16.7. The summed E-state index contributed by atoms with van der Waals surface area (Å²) in [6.07, 6.45) is 1.85. The highest BCUT2D eigenvalue weighted by Crippen LogP contribution is 2.29. The van der Waals surface area contributed by atoms with Gasteiger partial charge in [0.05, 0.1) is 22.3 Å². The van der Waals surface area contributed by atoms with Gasteiger partial charge in [0, 0.05) is 6.54 Å². The molecule has 0 aliphatic heterocycles. The van der Waals surface area contributed by atoms with E-state index in [0.717, 1.165) is 12.8 Å². The molecule has 0 atom stereocenters. The number of nitrogens with one attached hydrogen (secondary N) is 2.